The van der Waals surface area contributed by atoms with Crippen LogP contribution in [0.4, 0.5) is 11.6 Å². The normalized spacial score (nSPS) is 19.4. The number of aromatic nitrogens is 3. The third-order valence-corrected chi connectivity index (χ3v) is 4.54. The van der Waals surface area contributed by atoms with Gasteiger partial charge in [0.05, 0.1) is 17.7 Å². The van der Waals surface area contributed by atoms with Gasteiger partial charge in [-0.3, -0.25) is 4.79 Å². The SMILES string of the molecule is CO[C@@H]1C[C@H](CNC(=O)c2ccc(N(C)C)nc2)N(c2ccncn2)C1. The molecule has 1 amide bonds. The quantitative estimate of drug-likeness (QED) is 0.825. The van der Waals surface area contributed by atoms with Crippen LogP contribution in [0, 0.1) is 0 Å². The highest BCUT2D eigenvalue weighted by Crippen LogP contribution is 2.24. The second-order valence-corrected chi connectivity index (χ2v) is 6.48. The van der Waals surface area contributed by atoms with Crippen LogP contribution in [0.25, 0.3) is 0 Å². The largest absolute Gasteiger partial charge is 0.380 e. The molecule has 2 aromatic heterocycles. The fourth-order valence-electron chi connectivity index (χ4n) is 3.07. The van der Waals surface area contributed by atoms with Crippen LogP contribution in [0.15, 0.2) is 36.9 Å². The van der Waals surface area contributed by atoms with E-state index in [9.17, 15) is 4.79 Å². The zero-order valence-electron chi connectivity index (χ0n) is 15.3. The van der Waals surface area contributed by atoms with Gasteiger partial charge in [-0.1, -0.05) is 0 Å². The molecule has 138 valence electrons. The van der Waals surface area contributed by atoms with Gasteiger partial charge in [0.2, 0.25) is 0 Å². The monoisotopic (exact) mass is 356 g/mol. The number of carbonyl (C=O) groups is 1. The summed E-state index contributed by atoms with van der Waals surface area (Å²) in [5.41, 5.74) is 0.547. The molecule has 1 saturated heterocycles. The Hall–Kier alpha value is -2.74. The van der Waals surface area contributed by atoms with E-state index < -0.39 is 0 Å². The molecule has 1 N–H and O–H groups in total. The molecule has 0 spiro atoms. The molecule has 26 heavy (non-hydrogen) atoms. The van der Waals surface area contributed by atoms with Crippen molar-refractivity contribution in [2.24, 2.45) is 0 Å². The lowest BCUT2D eigenvalue weighted by atomic mass is 10.2. The predicted octanol–water partition coefficient (Wildman–Crippen LogP) is 0.961. The zero-order valence-corrected chi connectivity index (χ0v) is 15.3. The molecule has 0 saturated carbocycles. The van der Waals surface area contributed by atoms with E-state index in [0.29, 0.717) is 12.1 Å². The third-order valence-electron chi connectivity index (χ3n) is 4.54. The summed E-state index contributed by atoms with van der Waals surface area (Å²) in [6, 6.07) is 5.61. The van der Waals surface area contributed by atoms with Crippen molar-refractivity contribution >= 4 is 17.5 Å². The van der Waals surface area contributed by atoms with Gasteiger partial charge in [-0.05, 0) is 24.6 Å². The second-order valence-electron chi connectivity index (χ2n) is 6.48. The van der Waals surface area contributed by atoms with Gasteiger partial charge in [0.25, 0.3) is 5.91 Å². The molecular weight excluding hydrogens is 332 g/mol. The van der Waals surface area contributed by atoms with Crippen molar-refractivity contribution in [3.63, 3.8) is 0 Å². The van der Waals surface area contributed by atoms with E-state index in [0.717, 1.165) is 24.6 Å². The smallest absolute Gasteiger partial charge is 0.252 e. The van der Waals surface area contributed by atoms with E-state index in [2.05, 4.69) is 25.2 Å². The first kappa shape index (κ1) is 18.1. The van der Waals surface area contributed by atoms with Crippen molar-refractivity contribution in [1.82, 2.24) is 20.3 Å². The molecule has 8 heteroatoms. The summed E-state index contributed by atoms with van der Waals surface area (Å²) < 4.78 is 5.51. The molecule has 2 atom stereocenters. The number of hydrogen-bond acceptors (Lipinski definition) is 7. The van der Waals surface area contributed by atoms with Crippen LogP contribution >= 0.6 is 0 Å². The number of pyridine rings is 1. The molecule has 1 aliphatic heterocycles. The van der Waals surface area contributed by atoms with Crippen LogP contribution in [0.2, 0.25) is 0 Å². The average molecular weight is 356 g/mol. The number of anilines is 2. The summed E-state index contributed by atoms with van der Waals surface area (Å²) in [4.78, 5) is 29.1. The number of nitrogens with one attached hydrogen (secondary N) is 1. The molecule has 3 rings (SSSR count). The molecule has 2 aromatic rings. The maximum atomic E-state index is 12.4. The summed E-state index contributed by atoms with van der Waals surface area (Å²) in [7, 11) is 5.54. The molecule has 0 aromatic carbocycles. The molecule has 0 radical (unpaired) electrons. The van der Waals surface area contributed by atoms with E-state index in [1.807, 2.05) is 31.1 Å². The third kappa shape index (κ3) is 4.08. The average Bonchev–Trinajstić information content (AvgIpc) is 3.10. The van der Waals surface area contributed by atoms with E-state index in [1.54, 1.807) is 25.6 Å². The summed E-state index contributed by atoms with van der Waals surface area (Å²) >= 11 is 0. The van der Waals surface area contributed by atoms with Crippen LogP contribution < -0.4 is 15.1 Å². The summed E-state index contributed by atoms with van der Waals surface area (Å²) in [6.07, 6.45) is 5.80. The highest BCUT2D eigenvalue weighted by molar-refractivity contribution is 5.94. The Balaban J connectivity index is 1.64. The molecule has 1 fully saturated rings. The van der Waals surface area contributed by atoms with Crippen molar-refractivity contribution in [3.8, 4) is 0 Å². The number of nitrogens with zero attached hydrogens (tertiary/aromatic N) is 5. The molecule has 8 nitrogen and oxygen atoms in total. The summed E-state index contributed by atoms with van der Waals surface area (Å²) in [6.45, 7) is 1.26. The van der Waals surface area contributed by atoms with Gasteiger partial charge in [-0.25, -0.2) is 15.0 Å². The van der Waals surface area contributed by atoms with Crippen molar-refractivity contribution in [3.05, 3.63) is 42.5 Å². The molecule has 1 aliphatic rings. The van der Waals surface area contributed by atoms with Crippen molar-refractivity contribution in [2.45, 2.75) is 18.6 Å². The summed E-state index contributed by atoms with van der Waals surface area (Å²) in [5, 5.41) is 3.00. The Kier molecular flexibility index (Phi) is 5.62. The molecule has 3 heterocycles. The lowest BCUT2D eigenvalue weighted by Crippen LogP contribution is -2.40. The highest BCUT2D eigenvalue weighted by atomic mass is 16.5. The van der Waals surface area contributed by atoms with Gasteiger partial charge in [0.1, 0.15) is 18.0 Å². The molecule has 0 bridgehead atoms. The minimum atomic E-state index is -0.133. The van der Waals surface area contributed by atoms with Crippen LogP contribution in [0.5, 0.6) is 0 Å². The molecular formula is C18H24N6O2. The van der Waals surface area contributed by atoms with Gasteiger partial charge in [0, 0.05) is 46.7 Å². The van der Waals surface area contributed by atoms with Crippen LogP contribution in [0.1, 0.15) is 16.8 Å². The molecule has 0 aliphatic carbocycles. The second kappa shape index (κ2) is 8.09. The first-order valence-electron chi connectivity index (χ1n) is 8.55. The number of hydrogen-bond donors (Lipinski definition) is 1. The minimum absolute atomic E-state index is 0.118. The molecule has 0 unspecified atom stereocenters. The Morgan fingerprint density at radius 3 is 2.81 bits per heavy atom. The number of methoxy groups -OCH3 is 1. The highest BCUT2D eigenvalue weighted by Gasteiger charge is 2.33. The first-order valence-corrected chi connectivity index (χ1v) is 8.55. The van der Waals surface area contributed by atoms with Gasteiger partial charge < -0.3 is 19.9 Å². The maximum absolute atomic E-state index is 12.4. The zero-order chi connectivity index (χ0) is 18.5. The Labute approximate surface area is 153 Å². The van der Waals surface area contributed by atoms with Crippen molar-refractivity contribution < 1.29 is 9.53 Å². The Morgan fingerprint density at radius 1 is 1.35 bits per heavy atom. The first-order chi connectivity index (χ1) is 12.6. The fraction of sp³-hybridized carbons (Fsp3) is 0.444. The number of ether oxygens (including phenoxy) is 1. The van der Waals surface area contributed by atoms with Gasteiger partial charge in [-0.15, -0.1) is 0 Å². The minimum Gasteiger partial charge on any atom is -0.380 e. The Morgan fingerprint density at radius 2 is 2.19 bits per heavy atom. The Bertz CT molecular complexity index is 722. The van der Waals surface area contributed by atoms with Gasteiger partial charge in [0.15, 0.2) is 0 Å². The summed E-state index contributed by atoms with van der Waals surface area (Å²) in [5.74, 6) is 1.53. The van der Waals surface area contributed by atoms with Crippen molar-refractivity contribution in [1.29, 1.82) is 0 Å². The van der Waals surface area contributed by atoms with Crippen LogP contribution in [-0.2, 0) is 4.74 Å². The van der Waals surface area contributed by atoms with Gasteiger partial charge >= 0.3 is 0 Å². The maximum Gasteiger partial charge on any atom is 0.252 e. The number of carbonyl (C=O) groups excluding carboxylic acids is 1. The lowest BCUT2D eigenvalue weighted by Gasteiger charge is -2.25. The van der Waals surface area contributed by atoms with E-state index in [-0.39, 0.29) is 18.1 Å². The van der Waals surface area contributed by atoms with Crippen LogP contribution in [-0.4, -0.2) is 67.3 Å². The number of rotatable bonds is 6. The van der Waals surface area contributed by atoms with E-state index >= 15 is 0 Å². The predicted molar refractivity (Wildman–Crippen MR) is 99.5 cm³/mol. The topological polar surface area (TPSA) is 83.5 Å². The fourth-order valence-corrected chi connectivity index (χ4v) is 3.07. The van der Waals surface area contributed by atoms with Crippen molar-refractivity contribution in [2.75, 3.05) is 44.1 Å². The number of amides is 1. The standard InChI is InChI=1S/C18H24N6O2/c1-23(2)16-5-4-13(9-20-16)18(25)21-10-14-8-15(26-3)11-24(14)17-6-7-19-12-22-17/h4-7,9,12,14-15H,8,10-11H2,1-3H3,(H,21,25)/t14-,15-/m1/s1. The van der Waals surface area contributed by atoms with Gasteiger partial charge in [-0.2, -0.15) is 0 Å². The van der Waals surface area contributed by atoms with Crippen LogP contribution in [0.3, 0.4) is 0 Å². The van der Waals surface area contributed by atoms with E-state index in [4.69, 9.17) is 4.74 Å². The lowest BCUT2D eigenvalue weighted by molar-refractivity contribution is 0.0946. The van der Waals surface area contributed by atoms with E-state index in [1.165, 1.54) is 6.33 Å².